The zero-order valence-corrected chi connectivity index (χ0v) is 12.3. The van der Waals surface area contributed by atoms with E-state index in [1.54, 1.807) is 18.7 Å². The summed E-state index contributed by atoms with van der Waals surface area (Å²) in [6, 6.07) is 6.78. The van der Waals surface area contributed by atoms with E-state index in [1.165, 1.54) is 6.34 Å². The standard InChI is InChI=1S/C15H16N4O3/c1-9(2)22-13(20)7-12-15(21)18-17-14-10-5-3-4-6-11(10)16-8-19(12)14/h3-6,8-9,12H,7H2,1-2H3,(H,18,21)/t12-/m0/s1. The molecular formula is C15H16N4O3. The lowest BCUT2D eigenvalue weighted by Gasteiger charge is -2.34. The van der Waals surface area contributed by atoms with Gasteiger partial charge in [0.05, 0.1) is 24.6 Å². The minimum Gasteiger partial charge on any atom is -0.463 e. The third-order valence-corrected chi connectivity index (χ3v) is 3.35. The van der Waals surface area contributed by atoms with Crippen molar-refractivity contribution in [2.45, 2.75) is 32.4 Å². The number of amidine groups is 1. The van der Waals surface area contributed by atoms with Crippen LogP contribution in [0, 0.1) is 0 Å². The van der Waals surface area contributed by atoms with Crippen molar-refractivity contribution in [1.29, 1.82) is 0 Å². The van der Waals surface area contributed by atoms with E-state index in [-0.39, 0.29) is 18.4 Å². The Bertz CT molecular complexity index is 681. The number of carbonyl (C=O) groups is 2. The number of hydrazone groups is 1. The van der Waals surface area contributed by atoms with Gasteiger partial charge in [0, 0.05) is 5.56 Å². The number of esters is 1. The van der Waals surface area contributed by atoms with Crippen LogP contribution in [0.2, 0.25) is 0 Å². The highest BCUT2D eigenvalue weighted by molar-refractivity contribution is 6.14. The summed E-state index contributed by atoms with van der Waals surface area (Å²) in [5.41, 5.74) is 4.06. The van der Waals surface area contributed by atoms with Crippen LogP contribution in [0.15, 0.2) is 34.4 Å². The van der Waals surface area contributed by atoms with Crippen LogP contribution >= 0.6 is 0 Å². The molecule has 1 N–H and O–H groups in total. The first kappa shape index (κ1) is 14.2. The average Bonchev–Trinajstić information content (AvgIpc) is 2.49. The summed E-state index contributed by atoms with van der Waals surface area (Å²) in [7, 11) is 0. The van der Waals surface area contributed by atoms with Gasteiger partial charge in [0.2, 0.25) is 0 Å². The Morgan fingerprint density at radius 3 is 2.95 bits per heavy atom. The maximum atomic E-state index is 12.1. The van der Waals surface area contributed by atoms with Gasteiger partial charge in [-0.05, 0) is 26.0 Å². The van der Waals surface area contributed by atoms with Crippen LogP contribution in [0.1, 0.15) is 25.8 Å². The Morgan fingerprint density at radius 2 is 2.18 bits per heavy atom. The van der Waals surface area contributed by atoms with Gasteiger partial charge in [-0.15, -0.1) is 0 Å². The number of nitrogens with one attached hydrogen (secondary N) is 1. The maximum Gasteiger partial charge on any atom is 0.308 e. The van der Waals surface area contributed by atoms with Gasteiger partial charge in [0.1, 0.15) is 6.04 Å². The van der Waals surface area contributed by atoms with Gasteiger partial charge in [0.25, 0.3) is 5.91 Å². The van der Waals surface area contributed by atoms with Crippen LogP contribution in [0.25, 0.3) is 0 Å². The molecule has 0 bridgehead atoms. The highest BCUT2D eigenvalue weighted by Gasteiger charge is 2.36. The molecule has 0 aromatic heterocycles. The van der Waals surface area contributed by atoms with Crippen molar-refractivity contribution in [2.24, 2.45) is 10.1 Å². The second-order valence-corrected chi connectivity index (χ2v) is 5.34. The molecular weight excluding hydrogens is 284 g/mol. The number of hydrogen-bond acceptors (Lipinski definition) is 6. The number of ether oxygens (including phenoxy) is 1. The van der Waals surface area contributed by atoms with Gasteiger partial charge in [0.15, 0.2) is 5.84 Å². The summed E-state index contributed by atoms with van der Waals surface area (Å²) in [4.78, 5) is 29.9. The zero-order valence-electron chi connectivity index (χ0n) is 12.3. The van der Waals surface area contributed by atoms with Crippen LogP contribution in [-0.2, 0) is 14.3 Å². The number of carbonyl (C=O) groups excluding carboxylic acids is 2. The Kier molecular flexibility index (Phi) is 3.62. The quantitative estimate of drug-likeness (QED) is 0.849. The van der Waals surface area contributed by atoms with Crippen molar-refractivity contribution in [2.75, 3.05) is 0 Å². The minimum atomic E-state index is -0.712. The zero-order chi connectivity index (χ0) is 15.7. The molecule has 2 aliphatic heterocycles. The monoisotopic (exact) mass is 300 g/mol. The fourth-order valence-corrected chi connectivity index (χ4v) is 2.41. The third kappa shape index (κ3) is 2.57. The summed E-state index contributed by atoms with van der Waals surface area (Å²) < 4.78 is 5.12. The average molecular weight is 300 g/mol. The van der Waals surface area contributed by atoms with E-state index < -0.39 is 12.0 Å². The molecule has 0 unspecified atom stereocenters. The molecule has 1 aromatic rings. The predicted molar refractivity (Wildman–Crippen MR) is 80.7 cm³/mol. The number of benzene rings is 1. The normalized spacial score (nSPS) is 19.2. The highest BCUT2D eigenvalue weighted by Crippen LogP contribution is 2.27. The molecule has 0 fully saturated rings. The van der Waals surface area contributed by atoms with Gasteiger partial charge in [-0.2, -0.15) is 5.10 Å². The molecule has 7 nitrogen and oxygen atoms in total. The lowest BCUT2D eigenvalue weighted by molar-refractivity contribution is -0.150. The molecule has 1 atom stereocenters. The summed E-state index contributed by atoms with van der Waals surface area (Å²) in [6.07, 6.45) is 1.26. The van der Waals surface area contributed by atoms with Gasteiger partial charge in [-0.25, -0.2) is 10.4 Å². The molecule has 0 spiro atoms. The second-order valence-electron chi connectivity index (χ2n) is 5.34. The van der Waals surface area contributed by atoms with Crippen LogP contribution in [0.5, 0.6) is 0 Å². The number of amides is 1. The number of hydrogen-bond donors (Lipinski definition) is 1. The Hall–Kier alpha value is -2.70. The van der Waals surface area contributed by atoms with Crippen LogP contribution in [-0.4, -0.2) is 41.1 Å². The summed E-state index contributed by atoms with van der Waals surface area (Å²) in [5.74, 6) is -0.202. The number of fused-ring (bicyclic) bond motifs is 3. The van der Waals surface area contributed by atoms with E-state index in [9.17, 15) is 9.59 Å². The van der Waals surface area contributed by atoms with E-state index in [2.05, 4.69) is 15.5 Å². The smallest absolute Gasteiger partial charge is 0.308 e. The van der Waals surface area contributed by atoms with Gasteiger partial charge >= 0.3 is 5.97 Å². The number of nitrogens with zero attached hydrogens (tertiary/aromatic N) is 3. The molecule has 1 aromatic carbocycles. The minimum absolute atomic E-state index is 0.0583. The molecule has 2 heterocycles. The van der Waals surface area contributed by atoms with Crippen molar-refractivity contribution in [3.63, 3.8) is 0 Å². The third-order valence-electron chi connectivity index (χ3n) is 3.35. The van der Waals surface area contributed by atoms with Crippen molar-refractivity contribution in [3.8, 4) is 0 Å². The fourth-order valence-electron chi connectivity index (χ4n) is 2.41. The van der Waals surface area contributed by atoms with E-state index in [4.69, 9.17) is 4.74 Å². The topological polar surface area (TPSA) is 83.4 Å². The lowest BCUT2D eigenvalue weighted by Crippen LogP contribution is -2.54. The lowest BCUT2D eigenvalue weighted by atomic mass is 10.1. The van der Waals surface area contributed by atoms with Gasteiger partial charge in [-0.3, -0.25) is 9.59 Å². The molecule has 1 amide bonds. The predicted octanol–water partition coefficient (Wildman–Crippen LogP) is 1.16. The van der Waals surface area contributed by atoms with E-state index in [0.717, 1.165) is 11.3 Å². The first-order chi connectivity index (χ1) is 10.6. The molecule has 0 saturated heterocycles. The highest BCUT2D eigenvalue weighted by atomic mass is 16.5. The van der Waals surface area contributed by atoms with Gasteiger partial charge < -0.3 is 9.64 Å². The molecule has 0 radical (unpaired) electrons. The molecule has 0 aliphatic carbocycles. The number of aliphatic imine (C=N–C) groups is 1. The molecule has 114 valence electrons. The molecule has 0 saturated carbocycles. The van der Waals surface area contributed by atoms with Crippen molar-refractivity contribution in [3.05, 3.63) is 29.8 Å². The van der Waals surface area contributed by atoms with E-state index in [0.29, 0.717) is 5.84 Å². The Balaban J connectivity index is 1.87. The van der Waals surface area contributed by atoms with Crippen LogP contribution in [0.4, 0.5) is 5.69 Å². The van der Waals surface area contributed by atoms with E-state index >= 15 is 0 Å². The summed E-state index contributed by atoms with van der Waals surface area (Å²) in [5, 5.41) is 4.09. The van der Waals surface area contributed by atoms with Crippen molar-refractivity contribution >= 4 is 29.7 Å². The first-order valence-corrected chi connectivity index (χ1v) is 7.05. The maximum absolute atomic E-state index is 12.1. The molecule has 3 rings (SSSR count). The Morgan fingerprint density at radius 1 is 1.41 bits per heavy atom. The molecule has 22 heavy (non-hydrogen) atoms. The molecule has 7 heteroatoms. The van der Waals surface area contributed by atoms with Crippen molar-refractivity contribution < 1.29 is 14.3 Å². The second kappa shape index (κ2) is 5.59. The Labute approximate surface area is 127 Å². The van der Waals surface area contributed by atoms with Gasteiger partial charge in [-0.1, -0.05) is 12.1 Å². The number of rotatable bonds is 3. The SMILES string of the molecule is CC(C)OC(=O)C[C@H]1C(=O)NN=C2c3ccccc3N=CN21. The molecule has 2 aliphatic rings. The number of para-hydroxylation sites is 1. The summed E-state index contributed by atoms with van der Waals surface area (Å²) in [6.45, 7) is 3.54. The summed E-state index contributed by atoms with van der Waals surface area (Å²) >= 11 is 0. The first-order valence-electron chi connectivity index (χ1n) is 7.05. The van der Waals surface area contributed by atoms with Crippen LogP contribution < -0.4 is 5.43 Å². The van der Waals surface area contributed by atoms with Crippen LogP contribution in [0.3, 0.4) is 0 Å². The van der Waals surface area contributed by atoms with Crippen molar-refractivity contribution in [1.82, 2.24) is 10.3 Å². The van der Waals surface area contributed by atoms with E-state index in [1.807, 2.05) is 24.3 Å². The largest absolute Gasteiger partial charge is 0.463 e. The fraction of sp³-hybridized carbons (Fsp3) is 0.333.